The number of rotatable bonds is 12. The van der Waals surface area contributed by atoms with Gasteiger partial charge in [-0.2, -0.15) is 8.42 Å². The number of imidazole rings is 1. The Bertz CT molecular complexity index is 2100. The smallest absolute Gasteiger partial charge is 0.362 e. The van der Waals surface area contributed by atoms with Gasteiger partial charge in [0.2, 0.25) is 0 Å². The molecule has 5 aromatic rings. The van der Waals surface area contributed by atoms with Gasteiger partial charge in [0.25, 0.3) is 5.91 Å². The third-order valence-corrected chi connectivity index (χ3v) is 8.96. The van der Waals surface area contributed by atoms with E-state index in [0.29, 0.717) is 11.2 Å². The fourth-order valence-electron chi connectivity index (χ4n) is 5.85. The van der Waals surface area contributed by atoms with Crippen molar-refractivity contribution in [2.75, 3.05) is 12.3 Å². The molecular formula is C34H34N6O9S. The second-order valence-corrected chi connectivity index (χ2v) is 13.4. The number of fused-ring (bicyclic) bond motifs is 2. The molecule has 4 heterocycles. The van der Waals surface area contributed by atoms with E-state index >= 15 is 0 Å². The SMILES string of the molecule is CC1(C)O[C@@H]2[C@H](O1)[C@@H](COS(=O)(=O)NC(=O)c1cccc(OCc3ccccc3)c1OCc1ccccc1)O[C@H]2n1cnc2c(N)ncnc21. The van der Waals surface area contributed by atoms with E-state index in [9.17, 15) is 13.2 Å². The third kappa shape index (κ3) is 7.10. The average molecular weight is 703 g/mol. The zero-order valence-corrected chi connectivity index (χ0v) is 27.9. The zero-order valence-electron chi connectivity index (χ0n) is 27.0. The Morgan fingerprint density at radius 1 is 0.900 bits per heavy atom. The van der Waals surface area contributed by atoms with E-state index in [-0.39, 0.29) is 36.1 Å². The van der Waals surface area contributed by atoms with Gasteiger partial charge in [-0.15, -0.1) is 0 Å². The molecule has 2 aliphatic heterocycles. The van der Waals surface area contributed by atoms with Crippen LogP contribution in [0.4, 0.5) is 5.82 Å². The second kappa shape index (κ2) is 13.6. The van der Waals surface area contributed by atoms with Gasteiger partial charge in [0.15, 0.2) is 35.0 Å². The number of carbonyl (C=O) groups excluding carboxylic acids is 1. The van der Waals surface area contributed by atoms with Crippen molar-refractivity contribution in [3.63, 3.8) is 0 Å². The average Bonchev–Trinajstić information content (AvgIpc) is 3.77. The molecule has 0 bridgehead atoms. The molecule has 2 fully saturated rings. The number of nitrogens with zero attached hydrogens (tertiary/aromatic N) is 4. The maximum absolute atomic E-state index is 13.5. The third-order valence-electron chi connectivity index (χ3n) is 8.08. The standard InChI is InChI=1S/C34H34N6O9S/c1-34(2)48-28-25(47-33(29(28)49-34)40-20-38-26-30(35)36-19-37-31(26)40)18-46-50(42,43)39-32(41)23-14-9-15-24(44-16-21-10-5-3-6-11-21)27(23)45-17-22-12-7-4-8-13-22/h3-15,19-20,25,28-29,33H,16-18H2,1-2H3,(H,39,41)(H2,35,36,37)/t25-,28-,29-,33-/m1/s1. The molecule has 50 heavy (non-hydrogen) atoms. The van der Waals surface area contributed by atoms with E-state index in [1.807, 2.05) is 65.4 Å². The van der Waals surface area contributed by atoms with E-state index < -0.39 is 53.1 Å². The minimum absolute atomic E-state index is 0.0699. The highest BCUT2D eigenvalue weighted by Crippen LogP contribution is 2.44. The highest BCUT2D eigenvalue weighted by molar-refractivity contribution is 7.85. The van der Waals surface area contributed by atoms with Crippen LogP contribution in [0.25, 0.3) is 11.2 Å². The minimum atomic E-state index is -4.67. The molecule has 2 saturated heterocycles. The molecule has 1 amide bonds. The summed E-state index contributed by atoms with van der Waals surface area (Å²) in [7, 11) is -4.67. The lowest BCUT2D eigenvalue weighted by molar-refractivity contribution is -0.198. The number of amides is 1. The Morgan fingerprint density at radius 2 is 1.58 bits per heavy atom. The Kier molecular flexibility index (Phi) is 9.11. The van der Waals surface area contributed by atoms with Crippen molar-refractivity contribution in [3.05, 3.63) is 108 Å². The number of ether oxygens (including phenoxy) is 5. The first-order valence-electron chi connectivity index (χ1n) is 15.7. The normalized spacial score (nSPS) is 21.2. The van der Waals surface area contributed by atoms with E-state index in [1.165, 1.54) is 18.7 Å². The molecule has 2 aliphatic rings. The molecule has 0 spiro atoms. The molecule has 15 nitrogen and oxygen atoms in total. The number of benzene rings is 3. The number of aromatic nitrogens is 4. The molecule has 0 saturated carbocycles. The molecule has 3 aromatic carbocycles. The van der Waals surface area contributed by atoms with Crippen molar-refractivity contribution in [3.8, 4) is 11.5 Å². The molecule has 2 aromatic heterocycles. The number of hydrogen-bond acceptors (Lipinski definition) is 13. The topological polar surface area (TPSA) is 188 Å². The van der Waals surface area contributed by atoms with Crippen LogP contribution in [-0.2, 0) is 41.9 Å². The number of nitrogens with two attached hydrogens (primary N) is 1. The van der Waals surface area contributed by atoms with Gasteiger partial charge < -0.3 is 29.4 Å². The zero-order chi connectivity index (χ0) is 34.9. The van der Waals surface area contributed by atoms with Crippen molar-refractivity contribution in [2.24, 2.45) is 0 Å². The largest absolute Gasteiger partial charge is 0.485 e. The molecule has 3 N–H and O–H groups in total. The Labute approximate surface area is 287 Å². The van der Waals surface area contributed by atoms with Crippen LogP contribution >= 0.6 is 0 Å². The van der Waals surface area contributed by atoms with Crippen LogP contribution in [0.5, 0.6) is 11.5 Å². The van der Waals surface area contributed by atoms with Crippen molar-refractivity contribution in [1.29, 1.82) is 0 Å². The molecule has 0 radical (unpaired) electrons. The minimum Gasteiger partial charge on any atom is -0.485 e. The van der Waals surface area contributed by atoms with Gasteiger partial charge in [-0.1, -0.05) is 66.7 Å². The van der Waals surface area contributed by atoms with Gasteiger partial charge in [0.05, 0.1) is 18.5 Å². The first-order valence-corrected chi connectivity index (χ1v) is 17.1. The lowest BCUT2D eigenvalue weighted by atomic mass is 10.1. The van der Waals surface area contributed by atoms with Gasteiger partial charge in [-0.3, -0.25) is 13.5 Å². The lowest BCUT2D eigenvalue weighted by Gasteiger charge is -2.24. The van der Waals surface area contributed by atoms with Crippen LogP contribution < -0.4 is 19.9 Å². The highest BCUT2D eigenvalue weighted by Gasteiger charge is 2.56. The first kappa shape index (κ1) is 33.4. The van der Waals surface area contributed by atoms with E-state index in [0.717, 1.165) is 11.1 Å². The van der Waals surface area contributed by atoms with E-state index in [2.05, 4.69) is 15.0 Å². The summed E-state index contributed by atoms with van der Waals surface area (Å²) in [6.07, 6.45) is -0.343. The highest BCUT2D eigenvalue weighted by atomic mass is 32.2. The summed E-state index contributed by atoms with van der Waals surface area (Å²) in [6.45, 7) is 3.26. The van der Waals surface area contributed by atoms with Crippen LogP contribution in [0.3, 0.4) is 0 Å². The molecular weight excluding hydrogens is 668 g/mol. The van der Waals surface area contributed by atoms with E-state index in [4.69, 9.17) is 33.6 Å². The summed E-state index contributed by atoms with van der Waals surface area (Å²) in [6, 6.07) is 23.4. The van der Waals surface area contributed by atoms with Crippen LogP contribution in [0.15, 0.2) is 91.5 Å². The van der Waals surface area contributed by atoms with Crippen LogP contribution in [0.2, 0.25) is 0 Å². The monoisotopic (exact) mass is 702 g/mol. The van der Waals surface area contributed by atoms with Gasteiger partial charge in [-0.25, -0.2) is 19.7 Å². The maximum Gasteiger partial charge on any atom is 0.362 e. The van der Waals surface area contributed by atoms with Crippen molar-refractivity contribution in [2.45, 2.75) is 57.4 Å². The summed E-state index contributed by atoms with van der Waals surface area (Å²) in [5, 5.41) is 0. The maximum atomic E-state index is 13.5. The quantitative estimate of drug-likeness (QED) is 0.192. The van der Waals surface area contributed by atoms with Crippen molar-refractivity contribution < 1.29 is 41.1 Å². The lowest BCUT2D eigenvalue weighted by Crippen LogP contribution is -2.37. The number of anilines is 1. The summed E-state index contributed by atoms with van der Waals surface area (Å²) in [5.74, 6) is -1.47. The second-order valence-electron chi connectivity index (χ2n) is 12.1. The number of para-hydroxylation sites is 1. The summed E-state index contributed by atoms with van der Waals surface area (Å²) in [5.41, 5.74) is 8.39. The van der Waals surface area contributed by atoms with Gasteiger partial charge in [0, 0.05) is 0 Å². The van der Waals surface area contributed by atoms with E-state index in [1.54, 1.807) is 30.5 Å². The molecule has 0 aliphatic carbocycles. The van der Waals surface area contributed by atoms with Gasteiger partial charge in [0.1, 0.15) is 43.4 Å². The fourth-order valence-corrected chi connectivity index (χ4v) is 6.56. The van der Waals surface area contributed by atoms with Crippen molar-refractivity contribution >= 4 is 33.2 Å². The number of nitrogens with one attached hydrogen (secondary N) is 1. The van der Waals surface area contributed by atoms with Gasteiger partial charge >= 0.3 is 10.3 Å². The summed E-state index contributed by atoms with van der Waals surface area (Å²) in [4.78, 5) is 26.1. The molecule has 4 atom stereocenters. The predicted octanol–water partition coefficient (Wildman–Crippen LogP) is 3.68. The summed E-state index contributed by atoms with van der Waals surface area (Å²) < 4.78 is 65.8. The van der Waals surface area contributed by atoms with Crippen LogP contribution in [-0.4, -0.2) is 64.5 Å². The predicted molar refractivity (Wildman–Crippen MR) is 178 cm³/mol. The number of nitrogen functional groups attached to an aromatic ring is 1. The first-order chi connectivity index (χ1) is 24.1. The molecule has 0 unspecified atom stereocenters. The molecule has 260 valence electrons. The Balaban J connectivity index is 1.07. The number of carbonyl (C=O) groups is 1. The Hall–Kier alpha value is -5.13. The number of hydrogen-bond donors (Lipinski definition) is 2. The Morgan fingerprint density at radius 3 is 2.30 bits per heavy atom. The fraction of sp³-hybridized carbons (Fsp3) is 0.294. The van der Waals surface area contributed by atoms with Crippen molar-refractivity contribution in [1.82, 2.24) is 24.2 Å². The van der Waals surface area contributed by atoms with Gasteiger partial charge in [-0.05, 0) is 37.1 Å². The van der Waals surface area contributed by atoms with Crippen LogP contribution in [0, 0.1) is 0 Å². The molecule has 7 rings (SSSR count). The molecule has 16 heteroatoms. The summed E-state index contributed by atoms with van der Waals surface area (Å²) >= 11 is 0. The van der Waals surface area contributed by atoms with Crippen LogP contribution in [0.1, 0.15) is 41.6 Å².